The van der Waals surface area contributed by atoms with Crippen molar-refractivity contribution in [3.05, 3.63) is 32.3 Å². The summed E-state index contributed by atoms with van der Waals surface area (Å²) < 4.78 is 4.64. The normalized spacial score (nSPS) is 12.9. The van der Waals surface area contributed by atoms with E-state index in [1.807, 2.05) is 13.8 Å². The first-order valence-corrected chi connectivity index (χ1v) is 10.1. The largest absolute Gasteiger partial charge is 0.352 e. The first kappa shape index (κ1) is 19.3. The summed E-state index contributed by atoms with van der Waals surface area (Å²) in [6.07, 6.45) is 1.60. The number of nitrogens with one attached hydrogen (secondary N) is 1. The molecule has 27 heavy (non-hydrogen) atoms. The fourth-order valence-electron chi connectivity index (χ4n) is 2.88. The highest BCUT2D eigenvalue weighted by Gasteiger charge is 2.19. The van der Waals surface area contributed by atoms with E-state index in [4.69, 9.17) is 0 Å². The lowest BCUT2D eigenvalue weighted by Gasteiger charge is -2.10. The average molecular weight is 391 g/mol. The zero-order valence-electron chi connectivity index (χ0n) is 16.1. The van der Waals surface area contributed by atoms with Crippen LogP contribution >= 0.6 is 11.3 Å². The Balaban J connectivity index is 2.12. The van der Waals surface area contributed by atoms with E-state index in [0.29, 0.717) is 22.7 Å². The van der Waals surface area contributed by atoms with Crippen molar-refractivity contribution in [1.82, 2.24) is 24.1 Å². The highest BCUT2D eigenvalue weighted by atomic mass is 32.1. The summed E-state index contributed by atoms with van der Waals surface area (Å²) in [6, 6.07) is 1.77. The number of nitrogens with zero attached hydrogens (tertiary/aromatic N) is 4. The molecule has 3 rings (SSSR count). The van der Waals surface area contributed by atoms with Gasteiger partial charge in [-0.25, -0.2) is 13.9 Å². The molecule has 0 aliphatic heterocycles. The van der Waals surface area contributed by atoms with Crippen LogP contribution in [0.3, 0.4) is 0 Å². The number of thiophene rings is 1. The number of hydrogen-bond donors (Lipinski definition) is 1. The van der Waals surface area contributed by atoms with Crippen LogP contribution in [0.1, 0.15) is 40.5 Å². The van der Waals surface area contributed by atoms with Gasteiger partial charge < -0.3 is 5.32 Å². The SMILES string of the molecule is CC[C@H](C)NC(=O)Cn1nc2n(CCC(C)C)c(=O)c3sccc3n2c1=O. The summed E-state index contributed by atoms with van der Waals surface area (Å²) >= 11 is 1.31. The predicted octanol–water partition coefficient (Wildman–Crippen LogP) is 1.83. The van der Waals surface area contributed by atoms with Gasteiger partial charge in [-0.15, -0.1) is 16.4 Å². The minimum absolute atomic E-state index is 0.0260. The first-order valence-electron chi connectivity index (χ1n) is 9.22. The molecule has 3 heterocycles. The number of carbonyl (C=O) groups is 1. The van der Waals surface area contributed by atoms with Crippen LogP contribution in [0.4, 0.5) is 0 Å². The molecule has 146 valence electrons. The summed E-state index contributed by atoms with van der Waals surface area (Å²) in [5.74, 6) is 0.423. The van der Waals surface area contributed by atoms with Crippen LogP contribution in [0.2, 0.25) is 0 Å². The Morgan fingerprint density at radius 2 is 2.04 bits per heavy atom. The minimum atomic E-state index is -0.411. The van der Waals surface area contributed by atoms with Gasteiger partial charge in [-0.2, -0.15) is 0 Å². The molecule has 0 unspecified atom stereocenters. The summed E-state index contributed by atoms with van der Waals surface area (Å²) in [5, 5.41) is 8.95. The zero-order chi connectivity index (χ0) is 19.7. The van der Waals surface area contributed by atoms with E-state index >= 15 is 0 Å². The van der Waals surface area contributed by atoms with Crippen molar-refractivity contribution in [2.24, 2.45) is 5.92 Å². The minimum Gasteiger partial charge on any atom is -0.352 e. The molecule has 0 aliphatic rings. The van der Waals surface area contributed by atoms with Gasteiger partial charge in [0.1, 0.15) is 11.2 Å². The molecule has 1 atom stereocenters. The van der Waals surface area contributed by atoms with Crippen LogP contribution in [0, 0.1) is 5.92 Å². The number of rotatable bonds is 7. The second kappa shape index (κ2) is 7.67. The van der Waals surface area contributed by atoms with Gasteiger partial charge in [-0.3, -0.25) is 14.2 Å². The fourth-order valence-corrected chi connectivity index (χ4v) is 3.71. The number of amides is 1. The third kappa shape index (κ3) is 3.69. The van der Waals surface area contributed by atoms with Gasteiger partial charge >= 0.3 is 5.69 Å². The molecule has 3 aromatic rings. The monoisotopic (exact) mass is 391 g/mol. The lowest BCUT2D eigenvalue weighted by Crippen LogP contribution is -2.37. The molecule has 0 saturated heterocycles. The van der Waals surface area contributed by atoms with Crippen LogP contribution in [0.5, 0.6) is 0 Å². The molecule has 8 nitrogen and oxygen atoms in total. The molecule has 1 amide bonds. The fraction of sp³-hybridized carbons (Fsp3) is 0.556. The number of aryl methyl sites for hydroxylation is 1. The molecule has 9 heteroatoms. The number of carbonyl (C=O) groups excluding carboxylic acids is 1. The van der Waals surface area contributed by atoms with Gasteiger partial charge in [-0.05, 0) is 37.1 Å². The van der Waals surface area contributed by atoms with Crippen molar-refractivity contribution in [3.63, 3.8) is 0 Å². The van der Waals surface area contributed by atoms with Gasteiger partial charge in [0.05, 0.1) is 5.52 Å². The molecule has 0 aliphatic carbocycles. The second-order valence-electron chi connectivity index (χ2n) is 7.23. The van der Waals surface area contributed by atoms with Crippen LogP contribution in [0.25, 0.3) is 16.0 Å². The van der Waals surface area contributed by atoms with Gasteiger partial charge in [0.2, 0.25) is 11.7 Å². The second-order valence-corrected chi connectivity index (χ2v) is 8.14. The van der Waals surface area contributed by atoms with Gasteiger partial charge in [0, 0.05) is 12.6 Å². The maximum Gasteiger partial charge on any atom is 0.352 e. The van der Waals surface area contributed by atoms with Crippen molar-refractivity contribution in [3.8, 4) is 0 Å². The summed E-state index contributed by atoms with van der Waals surface area (Å²) in [6.45, 7) is 8.34. The van der Waals surface area contributed by atoms with Gasteiger partial charge in [0.15, 0.2) is 0 Å². The standard InChI is InChI=1S/C18H25N5O3S/c1-5-12(4)19-14(24)10-22-18(26)23-13-7-9-27-15(13)16(25)21(17(23)20-22)8-6-11(2)3/h7,9,11-12H,5-6,8,10H2,1-4H3,(H,19,24)/t12-/m0/s1. The Morgan fingerprint density at radius 1 is 1.30 bits per heavy atom. The number of hydrogen-bond acceptors (Lipinski definition) is 5. The van der Waals surface area contributed by atoms with Crippen LogP contribution < -0.4 is 16.6 Å². The highest BCUT2D eigenvalue weighted by Crippen LogP contribution is 2.17. The van der Waals surface area contributed by atoms with E-state index in [1.165, 1.54) is 15.7 Å². The molecule has 0 bridgehead atoms. The first-order chi connectivity index (χ1) is 12.8. The molecular weight excluding hydrogens is 366 g/mol. The van der Waals surface area contributed by atoms with E-state index in [2.05, 4.69) is 24.3 Å². The quantitative estimate of drug-likeness (QED) is 0.665. The lowest BCUT2D eigenvalue weighted by molar-refractivity contribution is -0.122. The van der Waals surface area contributed by atoms with Crippen LogP contribution in [0.15, 0.2) is 21.0 Å². The van der Waals surface area contributed by atoms with Crippen molar-refractivity contribution >= 4 is 33.2 Å². The summed E-state index contributed by atoms with van der Waals surface area (Å²) in [5.41, 5.74) is -0.0141. The molecular formula is C18H25N5O3S. The number of aromatic nitrogens is 4. The maximum atomic E-state index is 12.9. The predicted molar refractivity (Wildman–Crippen MR) is 106 cm³/mol. The summed E-state index contributed by atoms with van der Waals surface area (Å²) in [7, 11) is 0. The Bertz CT molecular complexity index is 1090. The molecule has 0 saturated carbocycles. The van der Waals surface area contributed by atoms with E-state index in [0.717, 1.165) is 17.5 Å². The van der Waals surface area contributed by atoms with Gasteiger partial charge in [-0.1, -0.05) is 20.8 Å². The van der Waals surface area contributed by atoms with Crippen molar-refractivity contribution in [2.45, 2.75) is 59.7 Å². The van der Waals surface area contributed by atoms with Gasteiger partial charge in [0.25, 0.3) is 5.56 Å². The average Bonchev–Trinajstić information content (AvgIpc) is 3.20. The van der Waals surface area contributed by atoms with Crippen LogP contribution in [-0.2, 0) is 17.9 Å². The molecule has 1 N–H and O–H groups in total. The smallest absolute Gasteiger partial charge is 0.352 e. The van der Waals surface area contributed by atoms with Crippen LogP contribution in [-0.4, -0.2) is 30.7 Å². The van der Waals surface area contributed by atoms with Crippen molar-refractivity contribution in [2.75, 3.05) is 0 Å². The maximum absolute atomic E-state index is 12.9. The molecule has 0 radical (unpaired) electrons. The third-order valence-electron chi connectivity index (χ3n) is 4.63. The van der Waals surface area contributed by atoms with Crippen molar-refractivity contribution in [1.29, 1.82) is 0 Å². The highest BCUT2D eigenvalue weighted by molar-refractivity contribution is 7.17. The van der Waals surface area contributed by atoms with E-state index in [9.17, 15) is 14.4 Å². The van der Waals surface area contributed by atoms with Crippen molar-refractivity contribution < 1.29 is 4.79 Å². The Morgan fingerprint density at radius 3 is 2.70 bits per heavy atom. The van der Waals surface area contributed by atoms with E-state index < -0.39 is 5.69 Å². The zero-order valence-corrected chi connectivity index (χ0v) is 16.9. The lowest BCUT2D eigenvalue weighted by atomic mass is 10.1. The Labute approximate surface area is 160 Å². The van der Waals surface area contributed by atoms with E-state index in [-0.39, 0.29) is 29.8 Å². The van der Waals surface area contributed by atoms with E-state index in [1.54, 1.807) is 16.0 Å². The molecule has 0 fully saturated rings. The third-order valence-corrected chi connectivity index (χ3v) is 5.52. The molecule has 0 aromatic carbocycles. The molecule has 0 spiro atoms. The molecule has 3 aromatic heterocycles. The topological polar surface area (TPSA) is 90.4 Å². The summed E-state index contributed by atoms with van der Waals surface area (Å²) in [4.78, 5) is 38.0. The Hall–Kier alpha value is -2.42. The number of fused-ring (bicyclic) bond motifs is 3. The Kier molecular flexibility index (Phi) is 5.50.